The lowest BCUT2D eigenvalue weighted by Crippen LogP contribution is -2.05. The summed E-state index contributed by atoms with van der Waals surface area (Å²) in [7, 11) is 0. The molecule has 0 atom stereocenters. The Morgan fingerprint density at radius 1 is 0.875 bits per heavy atom. The molecule has 0 spiro atoms. The second-order valence-corrected chi connectivity index (χ2v) is 8.90. The summed E-state index contributed by atoms with van der Waals surface area (Å²) in [6, 6.07) is 14.7. The minimum Gasteiger partial charge on any atom is -0.505 e. The van der Waals surface area contributed by atoms with Crippen LogP contribution in [0.25, 0.3) is 27.7 Å². The van der Waals surface area contributed by atoms with Gasteiger partial charge in [0, 0.05) is 10.9 Å². The quantitative estimate of drug-likeness (QED) is 0.130. The monoisotopic (exact) mass is 551 g/mol. The van der Waals surface area contributed by atoms with Gasteiger partial charge in [-0.15, -0.1) is 10.2 Å². The number of carbonyl (C=O) groups excluding carboxylic acids is 1. The van der Waals surface area contributed by atoms with E-state index < -0.39 is 29.3 Å². The lowest BCUT2D eigenvalue weighted by Gasteiger charge is -2.10. The Kier molecular flexibility index (Phi) is 6.58. The minimum absolute atomic E-state index is 0.0542. The highest BCUT2D eigenvalue weighted by molar-refractivity contribution is 5.97. The van der Waals surface area contributed by atoms with Crippen molar-refractivity contribution in [1.82, 2.24) is 4.57 Å². The van der Waals surface area contributed by atoms with E-state index in [-0.39, 0.29) is 44.8 Å². The van der Waals surface area contributed by atoms with Crippen LogP contribution < -0.4 is 0 Å². The number of rotatable bonds is 5. The van der Waals surface area contributed by atoms with E-state index >= 15 is 0 Å². The third-order valence-electron chi connectivity index (χ3n) is 6.36. The summed E-state index contributed by atoms with van der Waals surface area (Å²) in [6.45, 7) is 1.51. The molecule has 11 heteroatoms. The molecule has 0 saturated heterocycles. The highest BCUT2D eigenvalue weighted by Crippen LogP contribution is 2.45. The van der Waals surface area contributed by atoms with Crippen LogP contribution in [0.5, 0.6) is 11.6 Å². The number of aromatic nitrogens is 1. The van der Waals surface area contributed by atoms with Crippen LogP contribution >= 0.6 is 0 Å². The molecule has 0 radical (unpaired) electrons. The molecule has 0 amide bonds. The number of halogens is 5. The molecule has 0 bridgehead atoms. The molecule has 0 aliphatic rings. The highest BCUT2D eigenvalue weighted by atomic mass is 19.4. The van der Waals surface area contributed by atoms with E-state index in [1.165, 1.54) is 49.4 Å². The molecule has 2 N–H and O–H groups in total. The molecule has 0 saturated carbocycles. The first-order chi connectivity index (χ1) is 19.0. The fourth-order valence-corrected chi connectivity index (χ4v) is 4.26. The van der Waals surface area contributed by atoms with Crippen LogP contribution in [0.15, 0.2) is 83.0 Å². The summed E-state index contributed by atoms with van der Waals surface area (Å²) >= 11 is 0. The molecular weight excluding hydrogens is 533 g/mol. The molecule has 6 nitrogen and oxygen atoms in total. The van der Waals surface area contributed by atoms with Crippen molar-refractivity contribution in [3.63, 3.8) is 0 Å². The molecule has 40 heavy (non-hydrogen) atoms. The largest absolute Gasteiger partial charge is 0.505 e. The first-order valence-corrected chi connectivity index (χ1v) is 11.7. The predicted octanol–water partition coefficient (Wildman–Crippen LogP) is 8.54. The summed E-state index contributed by atoms with van der Waals surface area (Å²) in [5.41, 5.74) is -0.736. The normalized spacial score (nSPS) is 11.9. The van der Waals surface area contributed by atoms with Gasteiger partial charge in [0.2, 0.25) is 5.88 Å². The molecule has 1 heterocycles. The van der Waals surface area contributed by atoms with E-state index in [1.54, 1.807) is 0 Å². The summed E-state index contributed by atoms with van der Waals surface area (Å²) in [4.78, 5) is 11.1. The first kappa shape index (κ1) is 26.5. The number of carbonyl (C=O) groups is 1. The number of azo groups is 1. The molecular formula is C29H18F5N3O3. The molecule has 0 aliphatic carbocycles. The number of benzene rings is 4. The Hall–Kier alpha value is -5.06. The van der Waals surface area contributed by atoms with Crippen LogP contribution in [0.2, 0.25) is 0 Å². The van der Waals surface area contributed by atoms with Crippen molar-refractivity contribution in [1.29, 1.82) is 0 Å². The lowest BCUT2D eigenvalue weighted by atomic mass is 10.0. The van der Waals surface area contributed by atoms with Crippen molar-refractivity contribution >= 4 is 28.6 Å². The topological polar surface area (TPSA) is 87.2 Å². The van der Waals surface area contributed by atoms with E-state index in [1.807, 2.05) is 0 Å². The number of phenols is 1. The van der Waals surface area contributed by atoms with Crippen molar-refractivity contribution in [2.24, 2.45) is 10.2 Å². The molecule has 5 aromatic rings. The second kappa shape index (κ2) is 9.92. The van der Waals surface area contributed by atoms with Crippen LogP contribution in [0.1, 0.15) is 21.5 Å². The Morgan fingerprint density at radius 3 is 2.35 bits per heavy atom. The zero-order valence-corrected chi connectivity index (χ0v) is 20.5. The number of alkyl halides is 3. The van der Waals surface area contributed by atoms with E-state index in [2.05, 4.69) is 10.2 Å². The van der Waals surface area contributed by atoms with E-state index in [0.29, 0.717) is 17.4 Å². The number of hydrogen-bond acceptors (Lipinski definition) is 5. The van der Waals surface area contributed by atoms with Crippen molar-refractivity contribution < 1.29 is 37.0 Å². The Morgan fingerprint density at radius 2 is 1.65 bits per heavy atom. The number of para-hydroxylation sites is 1. The predicted molar refractivity (Wildman–Crippen MR) is 138 cm³/mol. The van der Waals surface area contributed by atoms with E-state index in [0.717, 1.165) is 34.9 Å². The van der Waals surface area contributed by atoms with Gasteiger partial charge in [0.25, 0.3) is 0 Å². The molecule has 202 valence electrons. The average molecular weight is 551 g/mol. The maximum atomic E-state index is 14.3. The zero-order valence-electron chi connectivity index (χ0n) is 20.5. The summed E-state index contributed by atoms with van der Waals surface area (Å²) < 4.78 is 69.6. The third-order valence-corrected chi connectivity index (χ3v) is 6.36. The molecule has 0 unspecified atom stereocenters. The fraction of sp³-hybridized carbons (Fsp3) is 0.0690. The number of fused-ring (bicyclic) bond motifs is 1. The number of aldehydes is 1. The molecule has 4 aromatic carbocycles. The van der Waals surface area contributed by atoms with E-state index in [4.69, 9.17) is 0 Å². The third kappa shape index (κ3) is 4.66. The number of phenolic OH excluding ortho intramolecular Hbond substituents is 1. The first-order valence-electron chi connectivity index (χ1n) is 11.7. The van der Waals surface area contributed by atoms with Gasteiger partial charge in [-0.05, 0) is 66.6 Å². The van der Waals surface area contributed by atoms with Gasteiger partial charge in [0.1, 0.15) is 17.3 Å². The average Bonchev–Trinajstić information content (AvgIpc) is 3.20. The zero-order chi connectivity index (χ0) is 28.8. The van der Waals surface area contributed by atoms with Gasteiger partial charge in [-0.1, -0.05) is 24.3 Å². The minimum atomic E-state index is -4.69. The molecule has 0 fully saturated rings. The van der Waals surface area contributed by atoms with Crippen molar-refractivity contribution in [3.05, 3.63) is 101 Å². The number of aryl methyl sites for hydroxylation is 1. The van der Waals surface area contributed by atoms with Crippen LogP contribution in [0, 0.1) is 18.6 Å². The highest BCUT2D eigenvalue weighted by Gasteiger charge is 2.32. The molecule has 5 rings (SSSR count). The van der Waals surface area contributed by atoms with Gasteiger partial charge in [-0.2, -0.15) is 13.2 Å². The fourth-order valence-electron chi connectivity index (χ4n) is 4.26. The number of aromatic hydroxyl groups is 2. The Bertz CT molecular complexity index is 1830. The smallest absolute Gasteiger partial charge is 0.416 e. The van der Waals surface area contributed by atoms with Crippen molar-refractivity contribution in [2.45, 2.75) is 13.1 Å². The van der Waals surface area contributed by atoms with Gasteiger partial charge in [-0.25, -0.2) is 8.78 Å². The summed E-state index contributed by atoms with van der Waals surface area (Å²) in [5, 5.41) is 30.0. The van der Waals surface area contributed by atoms with Gasteiger partial charge in [0.15, 0.2) is 17.7 Å². The second-order valence-electron chi connectivity index (χ2n) is 8.90. The van der Waals surface area contributed by atoms with Gasteiger partial charge in [-0.3, -0.25) is 9.36 Å². The maximum absolute atomic E-state index is 14.3. The maximum Gasteiger partial charge on any atom is 0.416 e. The SMILES string of the molecule is Cc1ccc(-n2c(O)c(N=Nc3cccc(-c4ccc(F)c(C=O)c4)c3O)c3ccc(C(F)(F)F)cc32)cc1F. The summed E-state index contributed by atoms with van der Waals surface area (Å²) in [5.74, 6) is -2.35. The van der Waals surface area contributed by atoms with Crippen LogP contribution in [-0.4, -0.2) is 21.1 Å². The Labute approximate surface area is 223 Å². The molecule has 0 aliphatic heterocycles. The van der Waals surface area contributed by atoms with Crippen LogP contribution in [0.3, 0.4) is 0 Å². The number of nitrogens with zero attached hydrogens (tertiary/aromatic N) is 3. The van der Waals surface area contributed by atoms with Gasteiger partial charge < -0.3 is 10.2 Å². The standard InChI is InChI=1S/C29H18F5N3O3/c1-15-5-8-19(13-23(15)31)37-25-12-18(29(32,33)34)7-9-21(25)26(28(37)40)36-35-24-4-2-3-20(27(24)39)16-6-10-22(30)17(11-16)14-38/h2-14,39-40H,1H3. The number of hydrogen-bond donors (Lipinski definition) is 2. The van der Waals surface area contributed by atoms with E-state index in [9.17, 15) is 37.0 Å². The van der Waals surface area contributed by atoms with Crippen molar-refractivity contribution in [2.75, 3.05) is 0 Å². The lowest BCUT2D eigenvalue weighted by molar-refractivity contribution is -0.137. The summed E-state index contributed by atoms with van der Waals surface area (Å²) in [6.07, 6.45) is -4.35. The van der Waals surface area contributed by atoms with Gasteiger partial charge >= 0.3 is 6.18 Å². The van der Waals surface area contributed by atoms with Crippen LogP contribution in [0.4, 0.5) is 33.3 Å². The van der Waals surface area contributed by atoms with Gasteiger partial charge in [0.05, 0.1) is 22.3 Å². The Balaban J connectivity index is 1.66. The van der Waals surface area contributed by atoms with Crippen molar-refractivity contribution in [3.8, 4) is 28.4 Å². The van der Waals surface area contributed by atoms with Crippen LogP contribution in [-0.2, 0) is 6.18 Å². The molecule has 1 aromatic heterocycles.